The van der Waals surface area contributed by atoms with Gasteiger partial charge >= 0.3 is 0 Å². The van der Waals surface area contributed by atoms with Gasteiger partial charge in [-0.1, -0.05) is 12.1 Å². The number of nitrogen functional groups attached to an aromatic ring is 1. The zero-order valence-corrected chi connectivity index (χ0v) is 11.4. The van der Waals surface area contributed by atoms with Gasteiger partial charge in [0.1, 0.15) is 5.69 Å². The van der Waals surface area contributed by atoms with Crippen molar-refractivity contribution in [3.8, 4) is 6.07 Å². The average Bonchev–Trinajstić information content (AvgIpc) is 2.47. The van der Waals surface area contributed by atoms with Gasteiger partial charge in [0.05, 0.1) is 28.9 Å². The summed E-state index contributed by atoms with van der Waals surface area (Å²) in [6.07, 6.45) is 1.47. The number of nitrogens with two attached hydrogens (primary N) is 1. The highest BCUT2D eigenvalue weighted by molar-refractivity contribution is 6.02. The zero-order chi connectivity index (χ0) is 14.8. The van der Waals surface area contributed by atoms with E-state index in [4.69, 9.17) is 11.0 Å². The Kier molecular flexibility index (Phi) is 3.53. The van der Waals surface area contributed by atoms with Crippen LogP contribution in [0, 0.1) is 11.3 Å². The molecule has 0 bridgehead atoms. The van der Waals surface area contributed by atoms with Gasteiger partial charge in [-0.05, 0) is 43.7 Å². The smallest absolute Gasteiger partial charge is 0.191 e. The average molecular weight is 265 g/mol. The quantitative estimate of drug-likeness (QED) is 0.865. The van der Waals surface area contributed by atoms with Crippen LogP contribution in [0.3, 0.4) is 0 Å². The maximum Gasteiger partial charge on any atom is 0.191 e. The van der Waals surface area contributed by atoms with Crippen molar-refractivity contribution in [2.24, 2.45) is 0 Å². The van der Waals surface area contributed by atoms with Gasteiger partial charge in [0.25, 0.3) is 0 Å². The van der Waals surface area contributed by atoms with Gasteiger partial charge in [0.2, 0.25) is 0 Å². The summed E-state index contributed by atoms with van der Waals surface area (Å²) in [5.41, 5.74) is 7.04. The first kappa shape index (κ1) is 13.8. The van der Waals surface area contributed by atoms with E-state index in [0.717, 1.165) is 5.56 Å². The van der Waals surface area contributed by atoms with Crippen molar-refractivity contribution in [1.29, 1.82) is 5.26 Å². The van der Waals surface area contributed by atoms with Crippen LogP contribution in [0.25, 0.3) is 0 Å². The largest absolute Gasteiger partial charge is 0.397 e. The standard InChI is InChI=1S/C16H15N3O/c1-16(2,12-5-3-4-11(8-12)9-17)15(20)14-7-6-13(18)10-19-14/h3-8,10H,18H2,1-2H3. The number of pyridine rings is 1. The number of Topliss-reactive ketones (excluding diaryl/α,β-unsaturated/α-hetero) is 1. The molecule has 0 saturated heterocycles. The van der Waals surface area contributed by atoms with Crippen LogP contribution in [-0.4, -0.2) is 10.8 Å². The van der Waals surface area contributed by atoms with E-state index in [1.54, 1.807) is 30.3 Å². The molecule has 0 amide bonds. The molecule has 100 valence electrons. The number of nitriles is 1. The van der Waals surface area contributed by atoms with Gasteiger partial charge in [-0.15, -0.1) is 0 Å². The predicted molar refractivity (Wildman–Crippen MR) is 77.2 cm³/mol. The Hall–Kier alpha value is -2.67. The maximum atomic E-state index is 12.6. The number of rotatable bonds is 3. The summed E-state index contributed by atoms with van der Waals surface area (Å²) in [5, 5.41) is 8.95. The van der Waals surface area contributed by atoms with Crippen LogP contribution in [0.4, 0.5) is 5.69 Å². The molecule has 0 aliphatic heterocycles. The molecule has 2 rings (SSSR count). The van der Waals surface area contributed by atoms with Gasteiger partial charge in [0.15, 0.2) is 5.78 Å². The van der Waals surface area contributed by atoms with Crippen LogP contribution < -0.4 is 5.73 Å². The molecule has 0 aliphatic rings. The second-order valence-corrected chi connectivity index (χ2v) is 5.12. The summed E-state index contributed by atoms with van der Waals surface area (Å²) in [4.78, 5) is 16.7. The van der Waals surface area contributed by atoms with E-state index < -0.39 is 5.41 Å². The lowest BCUT2D eigenvalue weighted by Gasteiger charge is -2.23. The minimum absolute atomic E-state index is 0.104. The second kappa shape index (κ2) is 5.14. The summed E-state index contributed by atoms with van der Waals surface area (Å²) in [6.45, 7) is 3.65. The molecule has 4 heteroatoms. The van der Waals surface area contributed by atoms with Gasteiger partial charge < -0.3 is 5.73 Å². The number of benzene rings is 1. The van der Waals surface area contributed by atoms with E-state index in [9.17, 15) is 4.79 Å². The highest BCUT2D eigenvalue weighted by Gasteiger charge is 2.31. The number of ketones is 1. The molecule has 0 spiro atoms. The zero-order valence-electron chi connectivity index (χ0n) is 11.4. The fraction of sp³-hybridized carbons (Fsp3) is 0.188. The third-order valence-electron chi connectivity index (χ3n) is 3.30. The Balaban J connectivity index is 2.41. The van der Waals surface area contributed by atoms with Crippen LogP contribution in [0.5, 0.6) is 0 Å². The lowest BCUT2D eigenvalue weighted by atomic mass is 9.79. The van der Waals surface area contributed by atoms with E-state index >= 15 is 0 Å². The molecular formula is C16H15N3O. The molecule has 2 aromatic rings. The molecule has 0 saturated carbocycles. The van der Waals surface area contributed by atoms with Crippen molar-refractivity contribution in [2.75, 3.05) is 5.73 Å². The summed E-state index contributed by atoms with van der Waals surface area (Å²) < 4.78 is 0. The van der Waals surface area contributed by atoms with Gasteiger partial charge in [-0.3, -0.25) is 9.78 Å². The molecule has 2 N–H and O–H groups in total. The first-order valence-corrected chi connectivity index (χ1v) is 6.22. The topological polar surface area (TPSA) is 79.8 Å². The predicted octanol–water partition coefficient (Wildman–Crippen LogP) is 2.70. The lowest BCUT2D eigenvalue weighted by Crippen LogP contribution is -2.30. The molecule has 4 nitrogen and oxygen atoms in total. The van der Waals surface area contributed by atoms with Gasteiger partial charge in [-0.2, -0.15) is 5.26 Å². The molecule has 1 aromatic heterocycles. The van der Waals surface area contributed by atoms with E-state index in [1.807, 2.05) is 19.9 Å². The third-order valence-corrected chi connectivity index (χ3v) is 3.30. The maximum absolute atomic E-state index is 12.6. The van der Waals surface area contributed by atoms with Crippen molar-refractivity contribution < 1.29 is 4.79 Å². The molecule has 0 radical (unpaired) electrons. The molecule has 0 atom stereocenters. The Morgan fingerprint density at radius 3 is 2.65 bits per heavy atom. The summed E-state index contributed by atoms with van der Waals surface area (Å²) in [6, 6.07) is 12.4. The SMILES string of the molecule is CC(C)(C(=O)c1ccc(N)cn1)c1cccc(C#N)c1. The molecule has 0 aliphatic carbocycles. The minimum Gasteiger partial charge on any atom is -0.397 e. The van der Waals surface area contributed by atoms with Crippen molar-refractivity contribution in [3.63, 3.8) is 0 Å². The molecule has 0 fully saturated rings. The van der Waals surface area contributed by atoms with E-state index in [2.05, 4.69) is 11.1 Å². The fourth-order valence-corrected chi connectivity index (χ4v) is 1.97. The summed E-state index contributed by atoms with van der Waals surface area (Å²) in [5.74, 6) is -0.104. The highest BCUT2D eigenvalue weighted by atomic mass is 16.1. The molecule has 1 aromatic carbocycles. The molecule has 20 heavy (non-hydrogen) atoms. The van der Waals surface area contributed by atoms with Crippen LogP contribution in [0.15, 0.2) is 42.6 Å². The normalized spacial score (nSPS) is 10.8. The number of anilines is 1. The number of aromatic nitrogens is 1. The Morgan fingerprint density at radius 1 is 1.30 bits per heavy atom. The summed E-state index contributed by atoms with van der Waals surface area (Å²) in [7, 11) is 0. The van der Waals surface area contributed by atoms with E-state index in [-0.39, 0.29) is 5.78 Å². The van der Waals surface area contributed by atoms with E-state index in [0.29, 0.717) is 16.9 Å². The van der Waals surface area contributed by atoms with Crippen LogP contribution in [-0.2, 0) is 5.41 Å². The Morgan fingerprint density at radius 2 is 2.05 bits per heavy atom. The number of hydrogen-bond acceptors (Lipinski definition) is 4. The van der Waals surface area contributed by atoms with E-state index in [1.165, 1.54) is 6.20 Å². The van der Waals surface area contributed by atoms with Gasteiger partial charge in [0, 0.05) is 0 Å². The van der Waals surface area contributed by atoms with Gasteiger partial charge in [-0.25, -0.2) is 0 Å². The van der Waals surface area contributed by atoms with Crippen molar-refractivity contribution in [3.05, 3.63) is 59.4 Å². The molecular weight excluding hydrogens is 250 g/mol. The summed E-state index contributed by atoms with van der Waals surface area (Å²) >= 11 is 0. The first-order valence-electron chi connectivity index (χ1n) is 6.22. The van der Waals surface area contributed by atoms with Crippen LogP contribution >= 0.6 is 0 Å². The number of carbonyl (C=O) groups is 1. The molecule has 1 heterocycles. The Labute approximate surface area is 117 Å². The lowest BCUT2D eigenvalue weighted by molar-refractivity contribution is 0.0903. The monoisotopic (exact) mass is 265 g/mol. The van der Waals surface area contributed by atoms with Crippen LogP contribution in [0.1, 0.15) is 35.5 Å². The molecule has 0 unspecified atom stereocenters. The number of hydrogen-bond donors (Lipinski definition) is 1. The first-order chi connectivity index (χ1) is 9.45. The highest BCUT2D eigenvalue weighted by Crippen LogP contribution is 2.27. The Bertz CT molecular complexity index is 682. The van der Waals surface area contributed by atoms with Crippen molar-refractivity contribution >= 4 is 11.5 Å². The second-order valence-electron chi connectivity index (χ2n) is 5.12. The number of carbonyl (C=O) groups excluding carboxylic acids is 1. The van der Waals surface area contributed by atoms with Crippen molar-refractivity contribution in [1.82, 2.24) is 4.98 Å². The van der Waals surface area contributed by atoms with Crippen molar-refractivity contribution in [2.45, 2.75) is 19.3 Å². The van der Waals surface area contributed by atoms with Crippen LogP contribution in [0.2, 0.25) is 0 Å². The fourth-order valence-electron chi connectivity index (χ4n) is 1.97. The number of nitrogens with zero attached hydrogens (tertiary/aromatic N) is 2. The third kappa shape index (κ3) is 2.52. The minimum atomic E-state index is -0.754.